The predicted octanol–water partition coefficient (Wildman–Crippen LogP) is 4.80. The van der Waals surface area contributed by atoms with Gasteiger partial charge in [0.2, 0.25) is 0 Å². The summed E-state index contributed by atoms with van der Waals surface area (Å²) in [4.78, 5) is 12.5. The fourth-order valence-electron chi connectivity index (χ4n) is 3.07. The van der Waals surface area contributed by atoms with Gasteiger partial charge in [-0.25, -0.2) is 4.79 Å². The van der Waals surface area contributed by atoms with Crippen LogP contribution in [-0.2, 0) is 6.61 Å². The molecule has 1 aromatic heterocycles. The third-order valence-electron chi connectivity index (χ3n) is 4.62. The number of rotatable bonds is 7. The van der Waals surface area contributed by atoms with Gasteiger partial charge in [0.1, 0.15) is 23.9 Å². The molecule has 0 saturated heterocycles. The van der Waals surface area contributed by atoms with E-state index in [2.05, 4.69) is 20.8 Å². The van der Waals surface area contributed by atoms with E-state index in [-0.39, 0.29) is 0 Å². The Morgan fingerprint density at radius 3 is 2.35 bits per heavy atom. The van der Waals surface area contributed by atoms with E-state index in [1.165, 1.54) is 0 Å². The smallest absolute Gasteiger partial charge is 0.324 e. The summed E-state index contributed by atoms with van der Waals surface area (Å²) in [6.07, 6.45) is 0. The topological polar surface area (TPSA) is 97.5 Å². The number of anilines is 2. The van der Waals surface area contributed by atoms with E-state index in [4.69, 9.17) is 14.2 Å². The minimum absolute atomic E-state index is 0.396. The molecule has 3 aromatic carbocycles. The summed E-state index contributed by atoms with van der Waals surface area (Å²) >= 11 is 0. The van der Waals surface area contributed by atoms with Crippen LogP contribution in [0.5, 0.6) is 17.2 Å². The SMILES string of the molecule is COc1cc(NC(=O)Nc2n[nH]c3ccc(OCc4ccccc4)cc23)cc(OC)c1. The molecule has 0 saturated carbocycles. The zero-order chi connectivity index (χ0) is 21.6. The summed E-state index contributed by atoms with van der Waals surface area (Å²) in [5.41, 5.74) is 2.38. The number of ether oxygens (including phenoxy) is 3. The maximum absolute atomic E-state index is 12.5. The number of methoxy groups -OCH3 is 2. The summed E-state index contributed by atoms with van der Waals surface area (Å²) in [6, 6.07) is 20.1. The number of hydrogen-bond donors (Lipinski definition) is 3. The average molecular weight is 418 g/mol. The highest BCUT2D eigenvalue weighted by Gasteiger charge is 2.12. The first kappa shape index (κ1) is 20.1. The number of nitrogens with one attached hydrogen (secondary N) is 3. The molecule has 0 spiro atoms. The molecular weight excluding hydrogens is 396 g/mol. The molecule has 0 aliphatic heterocycles. The van der Waals surface area contributed by atoms with Crippen molar-refractivity contribution in [2.45, 2.75) is 6.61 Å². The first-order valence-corrected chi connectivity index (χ1v) is 9.60. The number of benzene rings is 3. The van der Waals surface area contributed by atoms with Gasteiger partial charge in [0, 0.05) is 29.3 Å². The van der Waals surface area contributed by atoms with Gasteiger partial charge >= 0.3 is 6.03 Å². The van der Waals surface area contributed by atoms with E-state index in [0.717, 1.165) is 16.5 Å². The second-order valence-electron chi connectivity index (χ2n) is 6.73. The van der Waals surface area contributed by atoms with Crippen molar-refractivity contribution in [3.63, 3.8) is 0 Å². The van der Waals surface area contributed by atoms with Gasteiger partial charge in [0.25, 0.3) is 0 Å². The van der Waals surface area contributed by atoms with E-state index >= 15 is 0 Å². The lowest BCUT2D eigenvalue weighted by atomic mass is 10.2. The number of hydrogen-bond acceptors (Lipinski definition) is 5. The summed E-state index contributed by atoms with van der Waals surface area (Å²) in [5, 5.41) is 13.4. The molecule has 0 aliphatic carbocycles. The Hall–Kier alpha value is -4.20. The lowest BCUT2D eigenvalue weighted by Crippen LogP contribution is -2.19. The van der Waals surface area contributed by atoms with Crippen LogP contribution in [0.2, 0.25) is 0 Å². The van der Waals surface area contributed by atoms with Crippen LogP contribution in [-0.4, -0.2) is 30.4 Å². The van der Waals surface area contributed by atoms with E-state index in [1.54, 1.807) is 32.4 Å². The largest absolute Gasteiger partial charge is 0.497 e. The van der Waals surface area contributed by atoms with Gasteiger partial charge in [0.15, 0.2) is 5.82 Å². The molecule has 2 amide bonds. The molecule has 158 valence electrons. The van der Waals surface area contributed by atoms with Gasteiger partial charge in [-0.3, -0.25) is 10.4 Å². The lowest BCUT2D eigenvalue weighted by Gasteiger charge is -2.10. The van der Waals surface area contributed by atoms with Gasteiger partial charge in [-0.1, -0.05) is 30.3 Å². The fourth-order valence-corrected chi connectivity index (χ4v) is 3.07. The number of fused-ring (bicyclic) bond motifs is 1. The first-order chi connectivity index (χ1) is 15.1. The molecule has 0 aliphatic rings. The number of nitrogens with zero attached hydrogens (tertiary/aromatic N) is 1. The fraction of sp³-hybridized carbons (Fsp3) is 0.130. The molecule has 8 heteroatoms. The Labute approximate surface area is 179 Å². The molecule has 8 nitrogen and oxygen atoms in total. The molecule has 0 unspecified atom stereocenters. The van der Waals surface area contributed by atoms with Crippen molar-refractivity contribution in [2.75, 3.05) is 24.9 Å². The lowest BCUT2D eigenvalue weighted by molar-refractivity contribution is 0.262. The van der Waals surface area contributed by atoms with Gasteiger partial charge in [-0.2, -0.15) is 5.10 Å². The second-order valence-corrected chi connectivity index (χ2v) is 6.73. The van der Waals surface area contributed by atoms with E-state index < -0.39 is 6.03 Å². The second kappa shape index (κ2) is 9.08. The van der Waals surface area contributed by atoms with Crippen molar-refractivity contribution in [1.82, 2.24) is 10.2 Å². The standard InChI is InChI=1S/C23H22N4O4/c1-29-18-10-16(11-19(12-18)30-2)24-23(28)25-22-20-13-17(8-9-21(20)26-27-22)31-14-15-6-4-3-5-7-15/h3-13H,14H2,1-2H3,(H3,24,25,26,27,28). The van der Waals surface area contributed by atoms with Crippen LogP contribution < -0.4 is 24.8 Å². The van der Waals surface area contributed by atoms with Crippen LogP contribution >= 0.6 is 0 Å². The van der Waals surface area contributed by atoms with Gasteiger partial charge in [-0.05, 0) is 23.8 Å². The third-order valence-corrected chi connectivity index (χ3v) is 4.62. The number of aromatic nitrogens is 2. The molecule has 4 aromatic rings. The normalized spacial score (nSPS) is 10.5. The molecule has 0 fully saturated rings. The van der Waals surface area contributed by atoms with Crippen LogP contribution in [0, 0.1) is 0 Å². The first-order valence-electron chi connectivity index (χ1n) is 9.60. The Balaban J connectivity index is 1.47. The zero-order valence-electron chi connectivity index (χ0n) is 17.1. The van der Waals surface area contributed by atoms with Gasteiger partial charge < -0.3 is 19.5 Å². The van der Waals surface area contributed by atoms with Gasteiger partial charge in [0.05, 0.1) is 19.7 Å². The van der Waals surface area contributed by atoms with Crippen molar-refractivity contribution in [2.24, 2.45) is 0 Å². The molecule has 4 rings (SSSR count). The Bertz CT molecular complexity index is 1170. The minimum Gasteiger partial charge on any atom is -0.497 e. The van der Waals surface area contributed by atoms with Crippen molar-refractivity contribution >= 4 is 28.4 Å². The van der Waals surface area contributed by atoms with Crippen molar-refractivity contribution in [3.05, 3.63) is 72.3 Å². The van der Waals surface area contributed by atoms with Crippen LogP contribution in [0.15, 0.2) is 66.7 Å². The summed E-state index contributed by atoms with van der Waals surface area (Å²) < 4.78 is 16.3. The Morgan fingerprint density at radius 2 is 1.65 bits per heavy atom. The van der Waals surface area contributed by atoms with Crippen LogP contribution in [0.4, 0.5) is 16.3 Å². The summed E-state index contributed by atoms with van der Waals surface area (Å²) in [6.45, 7) is 0.450. The number of urea groups is 1. The number of aromatic amines is 1. The van der Waals surface area contributed by atoms with Crippen molar-refractivity contribution in [1.29, 1.82) is 0 Å². The number of carbonyl (C=O) groups is 1. The number of carbonyl (C=O) groups excluding carboxylic acids is 1. The average Bonchev–Trinajstić information content (AvgIpc) is 3.19. The highest BCUT2D eigenvalue weighted by molar-refractivity contribution is 6.04. The molecule has 0 radical (unpaired) electrons. The van der Waals surface area contributed by atoms with Crippen molar-refractivity contribution in [3.8, 4) is 17.2 Å². The molecular formula is C23H22N4O4. The molecule has 0 atom stereocenters. The number of H-pyrrole nitrogens is 1. The van der Waals surface area contributed by atoms with Crippen LogP contribution in [0.3, 0.4) is 0 Å². The van der Waals surface area contributed by atoms with E-state index in [9.17, 15) is 4.79 Å². The zero-order valence-corrected chi connectivity index (χ0v) is 17.1. The molecule has 3 N–H and O–H groups in total. The van der Waals surface area contributed by atoms with E-state index in [1.807, 2.05) is 48.5 Å². The molecule has 31 heavy (non-hydrogen) atoms. The Kier molecular flexibility index (Phi) is 5.89. The third kappa shape index (κ3) is 4.87. The predicted molar refractivity (Wildman–Crippen MR) is 119 cm³/mol. The maximum Gasteiger partial charge on any atom is 0.324 e. The van der Waals surface area contributed by atoms with Crippen LogP contribution in [0.1, 0.15) is 5.56 Å². The maximum atomic E-state index is 12.5. The molecule has 1 heterocycles. The number of amides is 2. The highest BCUT2D eigenvalue weighted by Crippen LogP contribution is 2.28. The summed E-state index contributed by atoms with van der Waals surface area (Å²) in [7, 11) is 3.10. The highest BCUT2D eigenvalue weighted by atomic mass is 16.5. The van der Waals surface area contributed by atoms with Crippen molar-refractivity contribution < 1.29 is 19.0 Å². The Morgan fingerprint density at radius 1 is 0.903 bits per heavy atom. The van der Waals surface area contributed by atoms with Crippen LogP contribution in [0.25, 0.3) is 10.9 Å². The summed E-state index contributed by atoms with van der Waals surface area (Å²) in [5.74, 6) is 2.21. The monoisotopic (exact) mass is 418 g/mol. The minimum atomic E-state index is -0.445. The molecule has 0 bridgehead atoms. The van der Waals surface area contributed by atoms with E-state index in [0.29, 0.717) is 35.4 Å². The van der Waals surface area contributed by atoms with Gasteiger partial charge in [-0.15, -0.1) is 0 Å². The quantitative estimate of drug-likeness (QED) is 0.400.